The first-order chi connectivity index (χ1) is 9.66. The lowest BCUT2D eigenvalue weighted by atomic mass is 10.1. The molecule has 0 saturated carbocycles. The molecule has 0 spiro atoms. The molecule has 1 saturated heterocycles. The van der Waals surface area contributed by atoms with Gasteiger partial charge in [-0.1, -0.05) is 11.2 Å². The second-order valence-electron chi connectivity index (χ2n) is 4.57. The van der Waals surface area contributed by atoms with Crippen LogP contribution < -0.4 is 5.32 Å². The Morgan fingerprint density at radius 2 is 2.20 bits per heavy atom. The topological polar surface area (TPSA) is 60.2 Å². The quantitative estimate of drug-likeness (QED) is 0.912. The molecule has 1 N–H and O–H groups in total. The number of nitrogens with zero attached hydrogens (tertiary/aromatic N) is 2. The minimum Gasteiger partial charge on any atom is -0.367 e. The maximum absolute atomic E-state index is 14.0. The van der Waals surface area contributed by atoms with Crippen LogP contribution in [0.15, 0.2) is 16.7 Å². The number of aromatic nitrogens is 2. The number of hydrogen-bond donors (Lipinski definition) is 1. The molecule has 0 aliphatic carbocycles. The fraction of sp³-hybridized carbons (Fsp3) is 0.385. The van der Waals surface area contributed by atoms with Crippen LogP contribution in [-0.2, 0) is 4.74 Å². The van der Waals surface area contributed by atoms with E-state index in [1.165, 1.54) is 12.1 Å². The third kappa shape index (κ3) is 2.30. The average molecular weight is 281 g/mol. The molecule has 1 atom stereocenters. The van der Waals surface area contributed by atoms with Crippen molar-refractivity contribution in [3.63, 3.8) is 0 Å². The van der Waals surface area contributed by atoms with Crippen LogP contribution in [0.3, 0.4) is 0 Å². The fourth-order valence-corrected chi connectivity index (χ4v) is 2.05. The van der Waals surface area contributed by atoms with E-state index in [-0.39, 0.29) is 23.4 Å². The molecule has 0 radical (unpaired) electrons. The van der Waals surface area contributed by atoms with Crippen LogP contribution in [0.2, 0.25) is 0 Å². The van der Waals surface area contributed by atoms with E-state index in [1.54, 1.807) is 6.92 Å². The monoisotopic (exact) mass is 281 g/mol. The predicted molar refractivity (Wildman–Crippen MR) is 65.9 cm³/mol. The molecule has 20 heavy (non-hydrogen) atoms. The van der Waals surface area contributed by atoms with Crippen LogP contribution >= 0.6 is 0 Å². The van der Waals surface area contributed by atoms with E-state index >= 15 is 0 Å². The molecule has 2 heterocycles. The molecule has 7 heteroatoms. The number of aryl methyl sites for hydroxylation is 1. The van der Waals surface area contributed by atoms with Crippen LogP contribution in [0.5, 0.6) is 0 Å². The summed E-state index contributed by atoms with van der Waals surface area (Å²) in [4.78, 5) is 4.04. The number of nitrogens with one attached hydrogen (secondary N) is 1. The van der Waals surface area contributed by atoms with Gasteiger partial charge in [-0.2, -0.15) is 4.98 Å². The summed E-state index contributed by atoms with van der Waals surface area (Å²) in [7, 11) is 0. The highest BCUT2D eigenvalue weighted by Gasteiger charge is 2.25. The van der Waals surface area contributed by atoms with Gasteiger partial charge in [0.1, 0.15) is 23.3 Å². The van der Waals surface area contributed by atoms with E-state index in [0.29, 0.717) is 18.7 Å². The van der Waals surface area contributed by atoms with E-state index in [9.17, 15) is 8.78 Å². The lowest BCUT2D eigenvalue weighted by Gasteiger charge is -2.20. The van der Waals surface area contributed by atoms with Gasteiger partial charge in [-0.15, -0.1) is 0 Å². The lowest BCUT2D eigenvalue weighted by molar-refractivity contribution is 0.0208. The van der Waals surface area contributed by atoms with E-state index < -0.39 is 11.6 Å². The zero-order valence-electron chi connectivity index (χ0n) is 10.8. The molecule has 3 rings (SSSR count). The largest absolute Gasteiger partial charge is 0.367 e. The maximum atomic E-state index is 14.0. The van der Waals surface area contributed by atoms with Gasteiger partial charge in [0.25, 0.3) is 5.89 Å². The Labute approximate surface area is 113 Å². The summed E-state index contributed by atoms with van der Waals surface area (Å²) in [5.41, 5.74) is 0.0178. The standard InChI is InChI=1S/C13H13F2N3O2/c1-7-2-3-8(14)10(11(7)15)13-17-12(18-20-13)9-6-16-4-5-19-9/h2-3,9,16H,4-6H2,1H3. The molecule has 1 aliphatic rings. The summed E-state index contributed by atoms with van der Waals surface area (Å²) >= 11 is 0. The van der Waals surface area contributed by atoms with E-state index in [0.717, 1.165) is 6.54 Å². The summed E-state index contributed by atoms with van der Waals surface area (Å²) < 4.78 is 38.2. The second-order valence-corrected chi connectivity index (χ2v) is 4.57. The Balaban J connectivity index is 1.96. The van der Waals surface area contributed by atoms with Gasteiger partial charge in [0.15, 0.2) is 0 Å². The Hall–Kier alpha value is -1.86. The van der Waals surface area contributed by atoms with Crippen molar-refractivity contribution in [2.24, 2.45) is 0 Å². The number of ether oxygens (including phenoxy) is 1. The van der Waals surface area contributed by atoms with Gasteiger partial charge < -0.3 is 14.6 Å². The molecule has 1 aliphatic heterocycles. The van der Waals surface area contributed by atoms with Gasteiger partial charge >= 0.3 is 0 Å². The van der Waals surface area contributed by atoms with E-state index in [4.69, 9.17) is 9.26 Å². The third-order valence-electron chi connectivity index (χ3n) is 3.16. The summed E-state index contributed by atoms with van der Waals surface area (Å²) in [6.45, 7) is 3.37. The lowest BCUT2D eigenvalue weighted by Crippen LogP contribution is -2.33. The highest BCUT2D eigenvalue weighted by atomic mass is 19.1. The maximum Gasteiger partial charge on any atom is 0.264 e. The number of halogens is 2. The molecule has 1 aromatic heterocycles. The molecule has 1 aromatic carbocycles. The fourth-order valence-electron chi connectivity index (χ4n) is 2.05. The van der Waals surface area contributed by atoms with Crippen LogP contribution in [-0.4, -0.2) is 29.8 Å². The van der Waals surface area contributed by atoms with Crippen LogP contribution in [0.4, 0.5) is 8.78 Å². The van der Waals surface area contributed by atoms with Crippen molar-refractivity contribution in [2.75, 3.05) is 19.7 Å². The molecule has 0 bridgehead atoms. The van der Waals surface area contributed by atoms with E-state index in [2.05, 4.69) is 15.5 Å². The molecule has 2 aromatic rings. The minimum atomic E-state index is -0.731. The predicted octanol–water partition coefficient (Wildman–Crippen LogP) is 1.98. The molecule has 106 valence electrons. The van der Waals surface area contributed by atoms with Gasteiger partial charge in [-0.3, -0.25) is 0 Å². The second kappa shape index (κ2) is 5.26. The van der Waals surface area contributed by atoms with Gasteiger partial charge in [-0.25, -0.2) is 8.78 Å². The summed E-state index contributed by atoms with van der Waals surface area (Å²) in [6, 6.07) is 2.54. The summed E-state index contributed by atoms with van der Waals surface area (Å²) in [5.74, 6) is -1.31. The first-order valence-electron chi connectivity index (χ1n) is 6.27. The zero-order chi connectivity index (χ0) is 14.1. The van der Waals surface area contributed by atoms with Crippen molar-refractivity contribution in [3.8, 4) is 11.5 Å². The highest BCUT2D eigenvalue weighted by Crippen LogP contribution is 2.28. The SMILES string of the molecule is Cc1ccc(F)c(-c2nc(C3CNCCO3)no2)c1F. The zero-order valence-corrected chi connectivity index (χ0v) is 10.8. The van der Waals surface area contributed by atoms with E-state index in [1.807, 2.05) is 0 Å². The smallest absolute Gasteiger partial charge is 0.264 e. The van der Waals surface area contributed by atoms with Crippen molar-refractivity contribution in [2.45, 2.75) is 13.0 Å². The summed E-state index contributed by atoms with van der Waals surface area (Å²) in [5, 5.41) is 6.86. The van der Waals surface area contributed by atoms with Crippen LogP contribution in [0.1, 0.15) is 17.5 Å². The van der Waals surface area contributed by atoms with Gasteiger partial charge in [-0.05, 0) is 18.6 Å². The molecule has 1 unspecified atom stereocenters. The van der Waals surface area contributed by atoms with Crippen molar-refractivity contribution in [1.82, 2.24) is 15.5 Å². The van der Waals surface area contributed by atoms with Gasteiger partial charge in [0.05, 0.1) is 6.61 Å². The Morgan fingerprint density at radius 1 is 1.35 bits per heavy atom. The van der Waals surface area contributed by atoms with Crippen molar-refractivity contribution < 1.29 is 18.0 Å². The molecular weight excluding hydrogens is 268 g/mol. The average Bonchev–Trinajstić information content (AvgIpc) is 2.94. The van der Waals surface area contributed by atoms with Crippen LogP contribution in [0, 0.1) is 18.6 Å². The summed E-state index contributed by atoms with van der Waals surface area (Å²) in [6.07, 6.45) is -0.364. The number of benzene rings is 1. The number of hydrogen-bond acceptors (Lipinski definition) is 5. The van der Waals surface area contributed by atoms with Crippen molar-refractivity contribution >= 4 is 0 Å². The van der Waals surface area contributed by atoms with Crippen molar-refractivity contribution in [1.29, 1.82) is 0 Å². The first-order valence-corrected chi connectivity index (χ1v) is 6.27. The highest BCUT2D eigenvalue weighted by molar-refractivity contribution is 5.56. The Bertz CT molecular complexity index is 624. The van der Waals surface area contributed by atoms with Gasteiger partial charge in [0, 0.05) is 13.1 Å². The van der Waals surface area contributed by atoms with Crippen molar-refractivity contribution in [3.05, 3.63) is 35.2 Å². The minimum absolute atomic E-state index is 0.173. The number of rotatable bonds is 2. The molecule has 1 fully saturated rings. The Kier molecular flexibility index (Phi) is 3.45. The normalized spacial score (nSPS) is 19.2. The molecule has 0 amide bonds. The molecule has 5 nitrogen and oxygen atoms in total. The third-order valence-corrected chi connectivity index (χ3v) is 3.16. The number of morpholine rings is 1. The molecular formula is C13H13F2N3O2. The first kappa shape index (κ1) is 13.1. The van der Waals surface area contributed by atoms with Gasteiger partial charge in [0.2, 0.25) is 5.82 Å². The Morgan fingerprint density at radius 3 is 2.95 bits per heavy atom. The van der Waals surface area contributed by atoms with Crippen LogP contribution in [0.25, 0.3) is 11.5 Å².